The molecule has 0 saturated carbocycles. The van der Waals surface area contributed by atoms with Crippen molar-refractivity contribution in [3.8, 4) is 11.5 Å². The fraction of sp³-hybridized carbons (Fsp3) is 0.333. The molecule has 0 spiro atoms. The van der Waals surface area contributed by atoms with E-state index in [4.69, 9.17) is 9.47 Å². The third-order valence-corrected chi connectivity index (χ3v) is 4.91. The third kappa shape index (κ3) is 2.61. The molecular formula is C18H18N2O5. The van der Waals surface area contributed by atoms with Gasteiger partial charge in [0.15, 0.2) is 11.5 Å². The predicted molar refractivity (Wildman–Crippen MR) is 87.7 cm³/mol. The highest BCUT2D eigenvalue weighted by molar-refractivity contribution is 5.93. The first-order valence-corrected chi connectivity index (χ1v) is 8.07. The van der Waals surface area contributed by atoms with Crippen molar-refractivity contribution in [1.29, 1.82) is 0 Å². The molecule has 1 amide bonds. The first kappa shape index (κ1) is 15.6. The number of hydrogen-bond donors (Lipinski definition) is 1. The van der Waals surface area contributed by atoms with Gasteiger partial charge in [0, 0.05) is 32.3 Å². The maximum atomic E-state index is 12.7. The van der Waals surface area contributed by atoms with Crippen LogP contribution in [0.2, 0.25) is 0 Å². The van der Waals surface area contributed by atoms with E-state index in [-0.39, 0.29) is 25.2 Å². The molecule has 1 N–H and O–H groups in total. The topological polar surface area (TPSA) is 81.0 Å². The van der Waals surface area contributed by atoms with Gasteiger partial charge in [-0.25, -0.2) is 0 Å². The zero-order chi connectivity index (χ0) is 17.6. The molecule has 0 bridgehead atoms. The number of carboxylic acid groups (broad SMARTS) is 1. The van der Waals surface area contributed by atoms with E-state index in [1.54, 1.807) is 40.9 Å². The SMILES string of the molecule is Cn1cccc1C(=O)N1C[C@@H](C(=O)O)[C@H](c2ccc3c(c2)OCO3)C1. The van der Waals surface area contributed by atoms with Gasteiger partial charge in [-0.2, -0.15) is 0 Å². The van der Waals surface area contributed by atoms with Crippen LogP contribution in [0, 0.1) is 5.92 Å². The van der Waals surface area contributed by atoms with Crippen molar-refractivity contribution < 1.29 is 24.2 Å². The van der Waals surface area contributed by atoms with E-state index in [2.05, 4.69) is 0 Å². The highest BCUT2D eigenvalue weighted by atomic mass is 16.7. The monoisotopic (exact) mass is 342 g/mol. The number of aliphatic carboxylic acids is 1. The Hall–Kier alpha value is -2.96. The minimum Gasteiger partial charge on any atom is -0.481 e. The number of nitrogens with zero attached hydrogens (tertiary/aromatic N) is 2. The highest BCUT2D eigenvalue weighted by Gasteiger charge is 2.41. The van der Waals surface area contributed by atoms with E-state index in [0.29, 0.717) is 23.7 Å². The van der Waals surface area contributed by atoms with Gasteiger partial charge in [-0.05, 0) is 29.8 Å². The van der Waals surface area contributed by atoms with Gasteiger partial charge < -0.3 is 24.0 Å². The third-order valence-electron chi connectivity index (χ3n) is 4.91. The Balaban J connectivity index is 1.62. The molecule has 1 saturated heterocycles. The molecule has 0 radical (unpaired) electrons. The summed E-state index contributed by atoms with van der Waals surface area (Å²) in [6, 6.07) is 9.00. The van der Waals surface area contributed by atoms with Gasteiger partial charge in [0.25, 0.3) is 5.91 Å². The Morgan fingerprint density at radius 1 is 1.16 bits per heavy atom. The van der Waals surface area contributed by atoms with Crippen LogP contribution in [0.5, 0.6) is 11.5 Å². The number of ether oxygens (including phenoxy) is 2. The van der Waals surface area contributed by atoms with Crippen LogP contribution in [0.25, 0.3) is 0 Å². The largest absolute Gasteiger partial charge is 0.481 e. The lowest BCUT2D eigenvalue weighted by atomic mass is 9.89. The van der Waals surface area contributed by atoms with Crippen molar-refractivity contribution in [3.63, 3.8) is 0 Å². The number of fused-ring (bicyclic) bond motifs is 1. The van der Waals surface area contributed by atoms with Crippen LogP contribution in [-0.2, 0) is 11.8 Å². The van der Waals surface area contributed by atoms with Crippen LogP contribution < -0.4 is 9.47 Å². The summed E-state index contributed by atoms with van der Waals surface area (Å²) in [5, 5.41) is 9.62. The van der Waals surface area contributed by atoms with E-state index in [1.807, 2.05) is 12.1 Å². The minimum atomic E-state index is -0.898. The van der Waals surface area contributed by atoms with Crippen molar-refractivity contribution in [2.75, 3.05) is 19.9 Å². The number of amides is 1. The van der Waals surface area contributed by atoms with Gasteiger partial charge in [-0.15, -0.1) is 0 Å². The summed E-state index contributed by atoms with van der Waals surface area (Å²) in [6.45, 7) is 0.725. The molecule has 2 atom stereocenters. The van der Waals surface area contributed by atoms with Crippen LogP contribution in [0.3, 0.4) is 0 Å². The molecule has 4 rings (SSSR count). The fourth-order valence-corrected chi connectivity index (χ4v) is 3.55. The van der Waals surface area contributed by atoms with Gasteiger partial charge in [0.1, 0.15) is 5.69 Å². The Labute approximate surface area is 144 Å². The van der Waals surface area contributed by atoms with E-state index in [1.165, 1.54) is 0 Å². The second-order valence-corrected chi connectivity index (χ2v) is 6.38. The standard InChI is InChI=1S/C18H18N2O5/c1-19-6-2-3-14(19)17(21)20-8-12(13(9-20)18(22)23)11-4-5-15-16(7-11)25-10-24-15/h2-7,12-13H,8-10H2,1H3,(H,22,23)/t12-,13+/m0/s1. The number of hydrogen-bond acceptors (Lipinski definition) is 4. The number of benzene rings is 1. The fourth-order valence-electron chi connectivity index (χ4n) is 3.55. The average molecular weight is 342 g/mol. The molecule has 1 fully saturated rings. The van der Waals surface area contributed by atoms with Gasteiger partial charge in [0.05, 0.1) is 5.92 Å². The van der Waals surface area contributed by atoms with Crippen molar-refractivity contribution >= 4 is 11.9 Å². The van der Waals surface area contributed by atoms with Crippen molar-refractivity contribution in [1.82, 2.24) is 9.47 Å². The van der Waals surface area contributed by atoms with Gasteiger partial charge in [-0.1, -0.05) is 6.07 Å². The Bertz CT molecular complexity index is 844. The number of carboxylic acids is 1. The first-order chi connectivity index (χ1) is 12.0. The molecule has 0 unspecified atom stereocenters. The molecule has 1 aromatic carbocycles. The molecule has 7 nitrogen and oxygen atoms in total. The maximum Gasteiger partial charge on any atom is 0.308 e. The summed E-state index contributed by atoms with van der Waals surface area (Å²) in [7, 11) is 1.80. The van der Waals surface area contributed by atoms with Crippen molar-refractivity contribution in [3.05, 3.63) is 47.8 Å². The highest BCUT2D eigenvalue weighted by Crippen LogP contribution is 2.39. The lowest BCUT2D eigenvalue weighted by molar-refractivity contribution is -0.141. The number of carbonyl (C=O) groups excluding carboxylic acids is 1. The first-order valence-electron chi connectivity index (χ1n) is 8.07. The molecule has 25 heavy (non-hydrogen) atoms. The van der Waals surface area contributed by atoms with E-state index in [0.717, 1.165) is 5.56 Å². The molecule has 0 aliphatic carbocycles. The second kappa shape index (κ2) is 5.84. The second-order valence-electron chi connectivity index (χ2n) is 6.38. The Kier molecular flexibility index (Phi) is 3.63. The van der Waals surface area contributed by atoms with Crippen molar-refractivity contribution in [2.24, 2.45) is 13.0 Å². The molecule has 2 aliphatic rings. The molecule has 2 aliphatic heterocycles. The molecular weight excluding hydrogens is 324 g/mol. The van der Waals surface area contributed by atoms with Crippen LogP contribution in [0.15, 0.2) is 36.5 Å². The summed E-state index contributed by atoms with van der Waals surface area (Å²) >= 11 is 0. The lowest BCUT2D eigenvalue weighted by Gasteiger charge is -2.17. The number of likely N-dealkylation sites (tertiary alicyclic amines) is 1. The van der Waals surface area contributed by atoms with Gasteiger partial charge in [-0.3, -0.25) is 9.59 Å². The zero-order valence-electron chi connectivity index (χ0n) is 13.7. The molecule has 7 heteroatoms. The summed E-state index contributed by atoms with van der Waals surface area (Å²) in [5.41, 5.74) is 1.40. The zero-order valence-corrected chi connectivity index (χ0v) is 13.7. The van der Waals surface area contributed by atoms with Crippen LogP contribution in [-0.4, -0.2) is 46.3 Å². The molecule has 1 aromatic heterocycles. The van der Waals surface area contributed by atoms with Crippen molar-refractivity contribution in [2.45, 2.75) is 5.92 Å². The van der Waals surface area contributed by atoms with E-state index >= 15 is 0 Å². The average Bonchev–Trinajstić information content (AvgIpc) is 3.32. The molecule has 130 valence electrons. The maximum absolute atomic E-state index is 12.7. The molecule has 3 heterocycles. The Morgan fingerprint density at radius 3 is 2.68 bits per heavy atom. The Morgan fingerprint density at radius 2 is 1.96 bits per heavy atom. The van der Waals surface area contributed by atoms with Gasteiger partial charge in [0.2, 0.25) is 6.79 Å². The molecule has 2 aromatic rings. The number of carbonyl (C=O) groups is 2. The van der Waals surface area contributed by atoms with E-state index < -0.39 is 11.9 Å². The van der Waals surface area contributed by atoms with Crippen LogP contribution in [0.1, 0.15) is 22.0 Å². The van der Waals surface area contributed by atoms with E-state index in [9.17, 15) is 14.7 Å². The number of rotatable bonds is 3. The normalized spacial score (nSPS) is 21.6. The van der Waals surface area contributed by atoms with Crippen LogP contribution in [0.4, 0.5) is 0 Å². The lowest BCUT2D eigenvalue weighted by Crippen LogP contribution is -2.31. The smallest absolute Gasteiger partial charge is 0.308 e. The predicted octanol–water partition coefficient (Wildman–Crippen LogP) is 1.69. The quantitative estimate of drug-likeness (QED) is 0.918. The summed E-state index contributed by atoms with van der Waals surface area (Å²) in [4.78, 5) is 26.1. The minimum absolute atomic E-state index is 0.151. The summed E-state index contributed by atoms with van der Waals surface area (Å²) in [5.74, 6) is -0.702. The summed E-state index contributed by atoms with van der Waals surface area (Å²) < 4.78 is 12.4. The van der Waals surface area contributed by atoms with Crippen LogP contribution >= 0.6 is 0 Å². The number of aromatic nitrogens is 1. The summed E-state index contributed by atoms with van der Waals surface area (Å²) in [6.07, 6.45) is 1.80. The number of aryl methyl sites for hydroxylation is 1. The van der Waals surface area contributed by atoms with Gasteiger partial charge >= 0.3 is 5.97 Å².